The fourth-order valence-electron chi connectivity index (χ4n) is 2.60. The SMILES string of the molecule is C#CCOc1ccc(Br)cc1-c1ccccc1-c1cccc(C(=O)O)n1. The summed E-state index contributed by atoms with van der Waals surface area (Å²) in [4.78, 5) is 15.5. The van der Waals surface area contributed by atoms with Gasteiger partial charge in [0.25, 0.3) is 0 Å². The van der Waals surface area contributed by atoms with Crippen molar-refractivity contribution in [2.24, 2.45) is 0 Å². The smallest absolute Gasteiger partial charge is 0.354 e. The molecule has 4 nitrogen and oxygen atoms in total. The van der Waals surface area contributed by atoms with Crippen molar-refractivity contribution < 1.29 is 14.6 Å². The molecule has 0 radical (unpaired) electrons. The molecule has 0 fully saturated rings. The zero-order chi connectivity index (χ0) is 18.5. The van der Waals surface area contributed by atoms with Gasteiger partial charge >= 0.3 is 5.97 Å². The van der Waals surface area contributed by atoms with Crippen molar-refractivity contribution in [3.63, 3.8) is 0 Å². The Morgan fingerprint density at radius 2 is 1.85 bits per heavy atom. The predicted octanol–water partition coefficient (Wildman–Crippen LogP) is 4.89. The van der Waals surface area contributed by atoms with Crippen LogP contribution in [-0.4, -0.2) is 22.7 Å². The summed E-state index contributed by atoms with van der Waals surface area (Å²) in [6.07, 6.45) is 5.31. The van der Waals surface area contributed by atoms with Crippen LogP contribution in [0.3, 0.4) is 0 Å². The first kappa shape index (κ1) is 17.7. The number of nitrogens with zero attached hydrogens (tertiary/aromatic N) is 1. The number of carboxylic acids is 1. The molecule has 1 heterocycles. The number of aromatic carboxylic acids is 1. The Bertz CT molecular complexity index is 1010. The van der Waals surface area contributed by atoms with Crippen LogP contribution in [0.2, 0.25) is 0 Å². The molecule has 0 aliphatic rings. The first-order valence-corrected chi connectivity index (χ1v) is 8.55. The molecule has 0 aliphatic heterocycles. The summed E-state index contributed by atoms with van der Waals surface area (Å²) in [5.74, 6) is 2.05. The molecule has 0 amide bonds. The summed E-state index contributed by atoms with van der Waals surface area (Å²) in [6, 6.07) is 18.2. The van der Waals surface area contributed by atoms with E-state index >= 15 is 0 Å². The second-order valence-corrected chi connectivity index (χ2v) is 6.31. The highest BCUT2D eigenvalue weighted by Crippen LogP contribution is 2.38. The Morgan fingerprint density at radius 1 is 1.08 bits per heavy atom. The van der Waals surface area contributed by atoms with E-state index in [1.54, 1.807) is 12.1 Å². The van der Waals surface area contributed by atoms with Crippen LogP contribution in [0.4, 0.5) is 0 Å². The number of rotatable bonds is 5. The van der Waals surface area contributed by atoms with Gasteiger partial charge in [-0.05, 0) is 35.9 Å². The summed E-state index contributed by atoms with van der Waals surface area (Å²) in [7, 11) is 0. The highest BCUT2D eigenvalue weighted by molar-refractivity contribution is 9.10. The quantitative estimate of drug-likeness (QED) is 0.611. The second-order valence-electron chi connectivity index (χ2n) is 5.39. The molecule has 0 saturated heterocycles. The molecule has 128 valence electrons. The normalized spacial score (nSPS) is 10.2. The molecule has 26 heavy (non-hydrogen) atoms. The van der Waals surface area contributed by atoms with E-state index in [1.807, 2.05) is 42.5 Å². The molecule has 3 rings (SSSR count). The Hall–Kier alpha value is -3.10. The number of hydrogen-bond donors (Lipinski definition) is 1. The Labute approximate surface area is 159 Å². The topological polar surface area (TPSA) is 59.4 Å². The van der Waals surface area contributed by atoms with Crippen LogP contribution in [0, 0.1) is 12.3 Å². The minimum absolute atomic E-state index is 0.00431. The van der Waals surface area contributed by atoms with Gasteiger partial charge in [0.2, 0.25) is 0 Å². The van der Waals surface area contributed by atoms with Gasteiger partial charge in [-0.1, -0.05) is 52.2 Å². The van der Waals surface area contributed by atoms with Gasteiger partial charge in [0.15, 0.2) is 0 Å². The van der Waals surface area contributed by atoms with Gasteiger partial charge < -0.3 is 9.84 Å². The predicted molar refractivity (Wildman–Crippen MR) is 104 cm³/mol. The van der Waals surface area contributed by atoms with Gasteiger partial charge in [0.1, 0.15) is 18.1 Å². The highest BCUT2D eigenvalue weighted by atomic mass is 79.9. The summed E-state index contributed by atoms with van der Waals surface area (Å²) in [5.41, 5.74) is 3.08. The van der Waals surface area contributed by atoms with Crippen LogP contribution in [0.25, 0.3) is 22.4 Å². The van der Waals surface area contributed by atoms with Gasteiger partial charge in [0, 0.05) is 15.6 Å². The number of hydrogen-bond acceptors (Lipinski definition) is 3. The van der Waals surface area contributed by atoms with E-state index in [0.717, 1.165) is 21.2 Å². The van der Waals surface area contributed by atoms with Crippen LogP contribution < -0.4 is 4.74 Å². The lowest BCUT2D eigenvalue weighted by Gasteiger charge is -2.14. The summed E-state index contributed by atoms with van der Waals surface area (Å²) in [5, 5.41) is 9.21. The monoisotopic (exact) mass is 407 g/mol. The van der Waals surface area contributed by atoms with Crippen LogP contribution in [-0.2, 0) is 0 Å². The molecule has 3 aromatic rings. The second kappa shape index (κ2) is 7.85. The maximum Gasteiger partial charge on any atom is 0.354 e. The first-order valence-electron chi connectivity index (χ1n) is 7.76. The molecule has 0 saturated carbocycles. The third-order valence-corrected chi connectivity index (χ3v) is 4.21. The molecule has 0 aliphatic carbocycles. The third-order valence-electron chi connectivity index (χ3n) is 3.71. The number of ether oxygens (including phenoxy) is 1. The number of carbonyl (C=O) groups is 1. The average Bonchev–Trinajstić information content (AvgIpc) is 2.67. The van der Waals surface area contributed by atoms with Gasteiger partial charge in [-0.25, -0.2) is 9.78 Å². The van der Waals surface area contributed by atoms with Gasteiger partial charge in [-0.15, -0.1) is 6.42 Å². The zero-order valence-corrected chi connectivity index (χ0v) is 15.2. The van der Waals surface area contributed by atoms with Gasteiger partial charge in [-0.2, -0.15) is 0 Å². The van der Waals surface area contributed by atoms with Crippen molar-refractivity contribution in [3.8, 4) is 40.5 Å². The van der Waals surface area contributed by atoms with E-state index < -0.39 is 5.97 Å². The summed E-state index contributed by atoms with van der Waals surface area (Å²) in [6.45, 7) is 0.156. The molecule has 1 aromatic heterocycles. The average molecular weight is 408 g/mol. The van der Waals surface area contributed by atoms with Crippen LogP contribution in [0.1, 0.15) is 10.5 Å². The van der Waals surface area contributed by atoms with E-state index in [0.29, 0.717) is 11.4 Å². The number of pyridine rings is 1. The molecule has 2 aromatic carbocycles. The van der Waals surface area contributed by atoms with Crippen molar-refractivity contribution in [2.45, 2.75) is 0 Å². The van der Waals surface area contributed by atoms with Crippen molar-refractivity contribution in [1.82, 2.24) is 4.98 Å². The van der Waals surface area contributed by atoms with Crippen LogP contribution in [0.5, 0.6) is 5.75 Å². The lowest BCUT2D eigenvalue weighted by Crippen LogP contribution is -2.01. The van der Waals surface area contributed by atoms with E-state index in [1.165, 1.54) is 6.07 Å². The van der Waals surface area contributed by atoms with E-state index in [2.05, 4.69) is 26.8 Å². The zero-order valence-electron chi connectivity index (χ0n) is 13.6. The Morgan fingerprint density at radius 3 is 2.58 bits per heavy atom. The van der Waals surface area contributed by atoms with Crippen molar-refractivity contribution in [2.75, 3.05) is 6.61 Å². The summed E-state index contributed by atoms with van der Waals surface area (Å²) >= 11 is 3.48. The molecular weight excluding hydrogens is 394 g/mol. The van der Waals surface area contributed by atoms with Crippen LogP contribution >= 0.6 is 15.9 Å². The fourth-order valence-corrected chi connectivity index (χ4v) is 2.96. The standard InChI is InChI=1S/C21H14BrNO3/c1-2-12-26-20-11-10-14(22)13-17(20)15-6-3-4-7-16(15)18-8-5-9-19(23-18)21(24)25/h1,3-11,13H,12H2,(H,24,25). The number of terminal acetylenes is 1. The Kier molecular flexibility index (Phi) is 5.35. The van der Waals surface area contributed by atoms with E-state index in [-0.39, 0.29) is 12.3 Å². The van der Waals surface area contributed by atoms with Gasteiger partial charge in [0.05, 0.1) is 5.69 Å². The maximum atomic E-state index is 11.2. The lowest BCUT2D eigenvalue weighted by molar-refractivity contribution is 0.0690. The minimum atomic E-state index is -1.06. The Balaban J connectivity index is 2.17. The largest absolute Gasteiger partial charge is 0.480 e. The maximum absolute atomic E-state index is 11.2. The summed E-state index contributed by atoms with van der Waals surface area (Å²) < 4.78 is 6.57. The molecule has 0 unspecified atom stereocenters. The molecule has 0 bridgehead atoms. The minimum Gasteiger partial charge on any atom is -0.480 e. The highest BCUT2D eigenvalue weighted by Gasteiger charge is 2.14. The number of benzene rings is 2. The van der Waals surface area contributed by atoms with Crippen LogP contribution in [0.15, 0.2) is 65.1 Å². The van der Waals surface area contributed by atoms with E-state index in [9.17, 15) is 9.90 Å². The third kappa shape index (κ3) is 3.76. The lowest BCUT2D eigenvalue weighted by atomic mass is 9.96. The fraction of sp³-hybridized carbons (Fsp3) is 0.0476. The van der Waals surface area contributed by atoms with Gasteiger partial charge in [-0.3, -0.25) is 0 Å². The first-order chi connectivity index (χ1) is 12.6. The number of carboxylic acid groups (broad SMARTS) is 1. The molecule has 0 spiro atoms. The molecule has 1 N–H and O–H groups in total. The van der Waals surface area contributed by atoms with Crippen molar-refractivity contribution >= 4 is 21.9 Å². The molecule has 0 atom stereocenters. The van der Waals surface area contributed by atoms with E-state index in [4.69, 9.17) is 11.2 Å². The molecular formula is C21H14BrNO3. The number of halogens is 1. The van der Waals surface area contributed by atoms with Crippen molar-refractivity contribution in [1.29, 1.82) is 0 Å². The van der Waals surface area contributed by atoms with Crippen molar-refractivity contribution in [3.05, 3.63) is 70.8 Å². The number of aromatic nitrogens is 1. The molecule has 5 heteroatoms.